The van der Waals surface area contributed by atoms with Crippen molar-refractivity contribution in [1.82, 2.24) is 14.9 Å². The highest BCUT2D eigenvalue weighted by Crippen LogP contribution is 2.25. The number of nitrogens with one attached hydrogen (secondary N) is 1. The molecular weight excluding hydrogens is 335 g/mol. The van der Waals surface area contributed by atoms with Crippen LogP contribution in [0.2, 0.25) is 5.02 Å². The van der Waals surface area contributed by atoms with E-state index in [-0.39, 0.29) is 17.9 Å². The van der Waals surface area contributed by atoms with Crippen molar-refractivity contribution in [2.45, 2.75) is 6.61 Å². The molecule has 1 N–H and O–H groups in total. The van der Waals surface area contributed by atoms with E-state index in [0.29, 0.717) is 16.7 Å². The Morgan fingerprint density at radius 2 is 2.08 bits per heavy atom. The van der Waals surface area contributed by atoms with Crippen molar-refractivity contribution < 1.29 is 9.13 Å². The van der Waals surface area contributed by atoms with Gasteiger partial charge in [0.2, 0.25) is 0 Å². The van der Waals surface area contributed by atoms with E-state index < -0.39 is 5.82 Å². The molecule has 1 fully saturated rings. The largest absolute Gasteiger partial charge is 0.484 e. The summed E-state index contributed by atoms with van der Waals surface area (Å²) in [5, 5.41) is 3.56. The second kappa shape index (κ2) is 7.19. The van der Waals surface area contributed by atoms with Crippen molar-refractivity contribution in [1.29, 1.82) is 0 Å². The molecule has 1 aromatic carbocycles. The molecule has 0 bridgehead atoms. The lowest BCUT2D eigenvalue weighted by Crippen LogP contribution is -2.44. The lowest BCUT2D eigenvalue weighted by atomic mass is 10.3. The molecule has 3 rings (SSSR count). The lowest BCUT2D eigenvalue weighted by molar-refractivity contribution is 0.287. The minimum Gasteiger partial charge on any atom is -0.484 e. The number of ether oxygens (including phenoxy) is 1. The number of rotatable bonds is 4. The average Bonchev–Trinajstić information content (AvgIpc) is 2.59. The standard InChI is InChI=1S/C16H18ClFN4O2/c1-21-15(10-24-13-8-11(18)2-3-12(13)17)20-14(9-16(21)23)22-6-4-19-5-7-22/h2-3,8-9,19H,4-7,10H2,1H3. The first-order valence-corrected chi connectivity index (χ1v) is 8.03. The summed E-state index contributed by atoms with van der Waals surface area (Å²) in [4.78, 5) is 18.8. The van der Waals surface area contributed by atoms with Gasteiger partial charge in [0.05, 0.1) is 5.02 Å². The zero-order chi connectivity index (χ0) is 17.1. The van der Waals surface area contributed by atoms with E-state index in [9.17, 15) is 9.18 Å². The zero-order valence-corrected chi connectivity index (χ0v) is 14.0. The van der Waals surface area contributed by atoms with Crippen LogP contribution in [0.1, 0.15) is 5.82 Å². The van der Waals surface area contributed by atoms with Crippen LogP contribution in [-0.4, -0.2) is 35.7 Å². The van der Waals surface area contributed by atoms with Gasteiger partial charge in [-0.1, -0.05) is 11.6 Å². The predicted molar refractivity (Wildman–Crippen MR) is 90.3 cm³/mol. The van der Waals surface area contributed by atoms with Crippen LogP contribution in [0.15, 0.2) is 29.1 Å². The average molecular weight is 353 g/mol. The Balaban J connectivity index is 1.83. The predicted octanol–water partition coefficient (Wildman–Crippen LogP) is 1.56. The second-order valence-electron chi connectivity index (χ2n) is 5.53. The van der Waals surface area contributed by atoms with Crippen LogP contribution >= 0.6 is 11.6 Å². The molecule has 0 saturated carbocycles. The van der Waals surface area contributed by atoms with E-state index >= 15 is 0 Å². The molecule has 2 aromatic rings. The number of benzene rings is 1. The number of halogens is 2. The summed E-state index contributed by atoms with van der Waals surface area (Å²) in [5.41, 5.74) is -0.164. The summed E-state index contributed by atoms with van der Waals surface area (Å²) in [7, 11) is 1.63. The number of aromatic nitrogens is 2. The third-order valence-corrected chi connectivity index (χ3v) is 4.22. The van der Waals surface area contributed by atoms with Gasteiger partial charge in [0.15, 0.2) is 5.82 Å². The fourth-order valence-corrected chi connectivity index (χ4v) is 2.66. The molecule has 2 heterocycles. The molecule has 1 aliphatic rings. The maximum absolute atomic E-state index is 13.3. The molecule has 0 unspecified atom stereocenters. The van der Waals surface area contributed by atoms with Crippen LogP contribution in [0, 0.1) is 5.82 Å². The quantitative estimate of drug-likeness (QED) is 0.905. The van der Waals surface area contributed by atoms with Crippen molar-refractivity contribution in [3.63, 3.8) is 0 Å². The first kappa shape index (κ1) is 16.7. The summed E-state index contributed by atoms with van der Waals surface area (Å²) in [6.45, 7) is 3.30. The van der Waals surface area contributed by atoms with Gasteiger partial charge in [0.25, 0.3) is 5.56 Å². The molecule has 24 heavy (non-hydrogen) atoms. The summed E-state index contributed by atoms with van der Waals surface area (Å²) < 4.78 is 20.3. The fourth-order valence-electron chi connectivity index (χ4n) is 2.49. The Morgan fingerprint density at radius 1 is 1.33 bits per heavy atom. The van der Waals surface area contributed by atoms with Crippen molar-refractivity contribution in [3.8, 4) is 5.75 Å². The van der Waals surface area contributed by atoms with Crippen LogP contribution in [0.4, 0.5) is 10.2 Å². The first-order valence-electron chi connectivity index (χ1n) is 7.65. The van der Waals surface area contributed by atoms with Crippen molar-refractivity contribution >= 4 is 17.4 Å². The first-order chi connectivity index (χ1) is 11.5. The van der Waals surface area contributed by atoms with E-state index in [2.05, 4.69) is 15.2 Å². The number of anilines is 1. The monoisotopic (exact) mass is 352 g/mol. The Labute approximate surface area is 143 Å². The zero-order valence-electron chi connectivity index (χ0n) is 13.3. The van der Waals surface area contributed by atoms with Gasteiger partial charge in [-0.05, 0) is 12.1 Å². The van der Waals surface area contributed by atoms with Gasteiger partial charge in [-0.2, -0.15) is 0 Å². The minimum atomic E-state index is -0.439. The third kappa shape index (κ3) is 3.68. The van der Waals surface area contributed by atoms with Gasteiger partial charge in [-0.3, -0.25) is 9.36 Å². The Morgan fingerprint density at radius 3 is 2.83 bits per heavy atom. The smallest absolute Gasteiger partial charge is 0.255 e. The second-order valence-corrected chi connectivity index (χ2v) is 5.94. The maximum atomic E-state index is 13.3. The minimum absolute atomic E-state index is 0.0227. The SMILES string of the molecule is Cn1c(COc2cc(F)ccc2Cl)nc(N2CCNCC2)cc1=O. The van der Waals surface area contributed by atoms with E-state index in [4.69, 9.17) is 16.3 Å². The van der Waals surface area contributed by atoms with Crippen molar-refractivity contribution in [2.24, 2.45) is 7.05 Å². The molecule has 8 heteroatoms. The van der Waals surface area contributed by atoms with Crippen LogP contribution in [0.25, 0.3) is 0 Å². The molecule has 6 nitrogen and oxygen atoms in total. The molecule has 1 saturated heterocycles. The highest BCUT2D eigenvalue weighted by Gasteiger charge is 2.15. The summed E-state index contributed by atoms with van der Waals surface area (Å²) in [5.74, 6) is 0.865. The van der Waals surface area contributed by atoms with Crippen LogP contribution in [-0.2, 0) is 13.7 Å². The molecule has 0 spiro atoms. The number of hydrogen-bond donors (Lipinski definition) is 1. The maximum Gasteiger partial charge on any atom is 0.255 e. The number of hydrogen-bond acceptors (Lipinski definition) is 5. The highest BCUT2D eigenvalue weighted by molar-refractivity contribution is 6.32. The van der Waals surface area contributed by atoms with Gasteiger partial charge in [-0.15, -0.1) is 0 Å². The molecule has 0 atom stereocenters. The topological polar surface area (TPSA) is 59.4 Å². The normalized spacial score (nSPS) is 14.7. The molecule has 0 aliphatic carbocycles. The lowest BCUT2D eigenvalue weighted by Gasteiger charge is -2.28. The third-order valence-electron chi connectivity index (χ3n) is 3.90. The molecule has 0 radical (unpaired) electrons. The number of nitrogens with zero attached hydrogens (tertiary/aromatic N) is 3. The van der Waals surface area contributed by atoms with Gasteiger partial charge in [-0.25, -0.2) is 9.37 Å². The van der Waals surface area contributed by atoms with Crippen molar-refractivity contribution in [2.75, 3.05) is 31.1 Å². The summed E-state index contributed by atoms with van der Waals surface area (Å²) in [6.07, 6.45) is 0. The van der Waals surface area contributed by atoms with Crippen LogP contribution < -0.4 is 20.5 Å². The van der Waals surface area contributed by atoms with Crippen molar-refractivity contribution in [3.05, 3.63) is 51.3 Å². The molecule has 1 aromatic heterocycles. The van der Waals surface area contributed by atoms with Gasteiger partial charge in [0.1, 0.15) is 24.0 Å². The van der Waals surface area contributed by atoms with Crippen LogP contribution in [0.3, 0.4) is 0 Å². The fraction of sp³-hybridized carbons (Fsp3) is 0.375. The molecular formula is C16H18ClFN4O2. The molecule has 0 amide bonds. The molecule has 1 aliphatic heterocycles. The van der Waals surface area contributed by atoms with Gasteiger partial charge < -0.3 is 15.0 Å². The summed E-state index contributed by atoms with van der Waals surface area (Å²) in [6, 6.07) is 5.41. The summed E-state index contributed by atoms with van der Waals surface area (Å²) >= 11 is 5.99. The Bertz CT molecular complexity index is 790. The number of piperazine rings is 1. The van der Waals surface area contributed by atoms with E-state index in [0.717, 1.165) is 26.2 Å². The molecule has 128 valence electrons. The van der Waals surface area contributed by atoms with Gasteiger partial charge in [0, 0.05) is 45.4 Å². The Hall–Kier alpha value is -2.12. The Kier molecular flexibility index (Phi) is 5.01. The van der Waals surface area contributed by atoms with Gasteiger partial charge >= 0.3 is 0 Å². The van der Waals surface area contributed by atoms with E-state index in [1.165, 1.54) is 28.8 Å². The van der Waals surface area contributed by atoms with E-state index in [1.54, 1.807) is 7.05 Å². The van der Waals surface area contributed by atoms with E-state index in [1.807, 2.05) is 0 Å². The van der Waals surface area contributed by atoms with Crippen LogP contribution in [0.5, 0.6) is 5.75 Å². The highest BCUT2D eigenvalue weighted by atomic mass is 35.5.